The highest BCUT2D eigenvalue weighted by molar-refractivity contribution is 6.36. The van der Waals surface area contributed by atoms with Crippen molar-refractivity contribution in [1.82, 2.24) is 9.97 Å². The second kappa shape index (κ2) is 6.37. The molecule has 0 radical (unpaired) electrons. The van der Waals surface area contributed by atoms with Gasteiger partial charge in [0.05, 0.1) is 10.7 Å². The lowest BCUT2D eigenvalue weighted by Crippen LogP contribution is -2.08. The van der Waals surface area contributed by atoms with Crippen LogP contribution >= 0.6 is 23.2 Å². The predicted octanol–water partition coefficient (Wildman–Crippen LogP) is 4.72. The Bertz CT molecular complexity index is 632. The summed E-state index contributed by atoms with van der Waals surface area (Å²) in [5, 5.41) is 3.91. The number of benzene rings is 1. The summed E-state index contributed by atoms with van der Waals surface area (Å²) in [5.74, 6) is 0.136. The van der Waals surface area contributed by atoms with Crippen LogP contribution in [0.1, 0.15) is 19.0 Å². The van der Waals surface area contributed by atoms with Gasteiger partial charge in [-0.1, -0.05) is 30.1 Å². The zero-order valence-corrected chi connectivity index (χ0v) is 12.7. The minimum Gasteiger partial charge on any atom is -0.368 e. The van der Waals surface area contributed by atoms with E-state index >= 15 is 0 Å². The van der Waals surface area contributed by atoms with Gasteiger partial charge in [0.1, 0.15) is 0 Å². The third kappa shape index (κ3) is 3.19. The maximum atomic E-state index is 13.9. The van der Waals surface area contributed by atoms with Gasteiger partial charge in [-0.05, 0) is 31.5 Å². The molecule has 0 bridgehead atoms. The van der Waals surface area contributed by atoms with Crippen LogP contribution in [-0.4, -0.2) is 16.5 Å². The molecule has 106 valence electrons. The number of aryl methyl sites for hydroxylation is 1. The fourth-order valence-corrected chi connectivity index (χ4v) is 2.20. The molecular formula is C14H14Cl2FN3. The van der Waals surface area contributed by atoms with Gasteiger partial charge in [-0.15, -0.1) is 0 Å². The third-order valence-electron chi connectivity index (χ3n) is 2.73. The lowest BCUT2D eigenvalue weighted by Gasteiger charge is -2.10. The van der Waals surface area contributed by atoms with Gasteiger partial charge in [-0.3, -0.25) is 0 Å². The number of aromatic nitrogens is 2. The molecular weight excluding hydrogens is 300 g/mol. The Hall–Kier alpha value is -1.39. The Morgan fingerprint density at radius 3 is 2.65 bits per heavy atom. The summed E-state index contributed by atoms with van der Waals surface area (Å²) in [6, 6.07) is 5.03. The molecule has 6 heteroatoms. The number of anilines is 1. The van der Waals surface area contributed by atoms with E-state index in [-0.39, 0.29) is 11.5 Å². The second-order valence-corrected chi connectivity index (χ2v) is 5.19. The minimum atomic E-state index is -0.438. The molecule has 1 aromatic heterocycles. The van der Waals surface area contributed by atoms with E-state index in [1.807, 2.05) is 6.92 Å². The van der Waals surface area contributed by atoms with Crippen LogP contribution in [0, 0.1) is 12.7 Å². The molecule has 1 aromatic carbocycles. The van der Waals surface area contributed by atoms with Crippen LogP contribution in [0.2, 0.25) is 10.0 Å². The van der Waals surface area contributed by atoms with E-state index < -0.39 is 5.82 Å². The molecule has 0 aliphatic rings. The molecule has 0 saturated heterocycles. The highest BCUT2D eigenvalue weighted by Crippen LogP contribution is 2.29. The van der Waals surface area contributed by atoms with Crippen molar-refractivity contribution in [3.63, 3.8) is 0 Å². The van der Waals surface area contributed by atoms with Crippen LogP contribution in [0.15, 0.2) is 18.2 Å². The Labute approximate surface area is 127 Å². The maximum absolute atomic E-state index is 13.9. The average molecular weight is 314 g/mol. The van der Waals surface area contributed by atoms with E-state index in [1.54, 1.807) is 25.1 Å². The van der Waals surface area contributed by atoms with Crippen molar-refractivity contribution in [3.8, 4) is 11.4 Å². The average Bonchev–Trinajstić information content (AvgIpc) is 2.40. The maximum Gasteiger partial charge on any atom is 0.186 e. The standard InChI is InChI=1S/C14H14Cl2FN3/c1-3-6-18-14-12(17)8(2)19-13(20-14)10-5-4-9(15)7-11(10)16/h4-5,7H,3,6H2,1-2H3,(H,18,19,20). The van der Waals surface area contributed by atoms with E-state index in [2.05, 4.69) is 15.3 Å². The number of hydrogen-bond acceptors (Lipinski definition) is 3. The van der Waals surface area contributed by atoms with Crippen LogP contribution in [0.3, 0.4) is 0 Å². The van der Waals surface area contributed by atoms with Crippen molar-refractivity contribution in [2.24, 2.45) is 0 Å². The van der Waals surface area contributed by atoms with Gasteiger partial charge in [0.2, 0.25) is 0 Å². The van der Waals surface area contributed by atoms with E-state index in [9.17, 15) is 4.39 Å². The monoisotopic (exact) mass is 313 g/mol. The molecule has 2 aromatic rings. The van der Waals surface area contributed by atoms with Crippen molar-refractivity contribution < 1.29 is 4.39 Å². The topological polar surface area (TPSA) is 37.8 Å². The molecule has 0 unspecified atom stereocenters. The van der Waals surface area contributed by atoms with Gasteiger partial charge in [0.15, 0.2) is 17.5 Å². The molecule has 1 heterocycles. The van der Waals surface area contributed by atoms with Gasteiger partial charge >= 0.3 is 0 Å². The Kier molecular flexibility index (Phi) is 4.78. The zero-order chi connectivity index (χ0) is 14.7. The van der Waals surface area contributed by atoms with E-state index in [0.717, 1.165) is 6.42 Å². The molecule has 0 spiro atoms. The van der Waals surface area contributed by atoms with Crippen LogP contribution in [-0.2, 0) is 0 Å². The lowest BCUT2D eigenvalue weighted by atomic mass is 10.2. The van der Waals surface area contributed by atoms with Crippen molar-refractivity contribution in [3.05, 3.63) is 39.8 Å². The first-order valence-corrected chi connectivity index (χ1v) is 7.02. The molecule has 0 aliphatic heterocycles. The number of nitrogens with zero attached hydrogens (tertiary/aromatic N) is 2. The number of nitrogens with one attached hydrogen (secondary N) is 1. The predicted molar refractivity (Wildman–Crippen MR) is 81.0 cm³/mol. The first-order chi connectivity index (χ1) is 9.52. The normalized spacial score (nSPS) is 10.7. The third-order valence-corrected chi connectivity index (χ3v) is 3.28. The van der Waals surface area contributed by atoms with Crippen molar-refractivity contribution in [2.45, 2.75) is 20.3 Å². The first kappa shape index (κ1) is 15.0. The summed E-state index contributed by atoms with van der Waals surface area (Å²) in [4.78, 5) is 8.36. The molecule has 0 saturated carbocycles. The summed E-state index contributed by atoms with van der Waals surface area (Å²) in [7, 11) is 0. The Morgan fingerprint density at radius 2 is 2.00 bits per heavy atom. The zero-order valence-electron chi connectivity index (χ0n) is 11.2. The molecule has 0 amide bonds. The number of hydrogen-bond donors (Lipinski definition) is 1. The van der Waals surface area contributed by atoms with Crippen LogP contribution in [0.4, 0.5) is 10.2 Å². The summed E-state index contributed by atoms with van der Waals surface area (Å²) in [6.45, 7) is 4.23. The quantitative estimate of drug-likeness (QED) is 0.887. The van der Waals surface area contributed by atoms with E-state index in [4.69, 9.17) is 23.2 Å². The summed E-state index contributed by atoms with van der Waals surface area (Å²) < 4.78 is 13.9. The largest absolute Gasteiger partial charge is 0.368 e. The van der Waals surface area contributed by atoms with Crippen molar-refractivity contribution in [2.75, 3.05) is 11.9 Å². The van der Waals surface area contributed by atoms with Crippen LogP contribution in [0.5, 0.6) is 0 Å². The van der Waals surface area contributed by atoms with Crippen molar-refractivity contribution >= 4 is 29.0 Å². The van der Waals surface area contributed by atoms with Gasteiger partial charge in [-0.25, -0.2) is 14.4 Å². The summed E-state index contributed by atoms with van der Waals surface area (Å²) >= 11 is 12.0. The second-order valence-electron chi connectivity index (χ2n) is 4.35. The molecule has 3 nitrogen and oxygen atoms in total. The van der Waals surface area contributed by atoms with Gasteiger partial charge in [0.25, 0.3) is 0 Å². The molecule has 20 heavy (non-hydrogen) atoms. The molecule has 2 rings (SSSR count). The Balaban J connectivity index is 2.48. The fraction of sp³-hybridized carbons (Fsp3) is 0.286. The van der Waals surface area contributed by atoms with Gasteiger partial charge in [0, 0.05) is 17.1 Å². The highest BCUT2D eigenvalue weighted by atomic mass is 35.5. The summed E-state index contributed by atoms with van der Waals surface area (Å²) in [5.41, 5.74) is 0.901. The van der Waals surface area contributed by atoms with Crippen LogP contribution < -0.4 is 5.32 Å². The number of halogens is 3. The van der Waals surface area contributed by atoms with Gasteiger partial charge < -0.3 is 5.32 Å². The minimum absolute atomic E-state index is 0.195. The van der Waals surface area contributed by atoms with Gasteiger partial charge in [-0.2, -0.15) is 0 Å². The SMILES string of the molecule is CCCNc1nc(-c2ccc(Cl)cc2Cl)nc(C)c1F. The van der Waals surface area contributed by atoms with E-state index in [1.165, 1.54) is 0 Å². The molecule has 0 fully saturated rings. The molecule has 0 aliphatic carbocycles. The molecule has 0 atom stereocenters. The first-order valence-electron chi connectivity index (χ1n) is 6.26. The number of rotatable bonds is 4. The highest BCUT2D eigenvalue weighted by Gasteiger charge is 2.14. The molecule has 1 N–H and O–H groups in total. The van der Waals surface area contributed by atoms with E-state index in [0.29, 0.717) is 28.0 Å². The van der Waals surface area contributed by atoms with Crippen LogP contribution in [0.25, 0.3) is 11.4 Å². The Morgan fingerprint density at radius 1 is 1.25 bits per heavy atom. The lowest BCUT2D eigenvalue weighted by molar-refractivity contribution is 0.605. The smallest absolute Gasteiger partial charge is 0.186 e. The van der Waals surface area contributed by atoms with Crippen molar-refractivity contribution in [1.29, 1.82) is 0 Å². The summed E-state index contributed by atoms with van der Waals surface area (Å²) in [6.07, 6.45) is 0.875. The fourth-order valence-electron chi connectivity index (χ4n) is 1.71.